The van der Waals surface area contributed by atoms with E-state index in [2.05, 4.69) is 15.1 Å². The van der Waals surface area contributed by atoms with Crippen molar-refractivity contribution in [1.82, 2.24) is 19.7 Å². The minimum Gasteiger partial charge on any atom is -0.384 e. The van der Waals surface area contributed by atoms with Crippen molar-refractivity contribution in [3.63, 3.8) is 0 Å². The van der Waals surface area contributed by atoms with E-state index in [0.29, 0.717) is 11.6 Å². The van der Waals surface area contributed by atoms with Crippen molar-refractivity contribution in [2.45, 2.75) is 0 Å². The Labute approximate surface area is 108 Å². The Morgan fingerprint density at radius 1 is 1.28 bits per heavy atom. The monoisotopic (exact) mass is 257 g/mol. The highest BCUT2D eigenvalue weighted by atomic mass is 32.1. The maximum Gasteiger partial charge on any atom is 0.162 e. The number of thiophene rings is 1. The summed E-state index contributed by atoms with van der Waals surface area (Å²) in [6, 6.07) is 3.74. The van der Waals surface area contributed by atoms with Gasteiger partial charge in [0.25, 0.3) is 0 Å². The van der Waals surface area contributed by atoms with Gasteiger partial charge in [0.15, 0.2) is 5.82 Å². The number of hydrogen-bond acceptors (Lipinski definition) is 5. The number of aromatic nitrogens is 4. The van der Waals surface area contributed by atoms with Gasteiger partial charge in [0.05, 0.1) is 11.9 Å². The van der Waals surface area contributed by atoms with E-state index in [9.17, 15) is 0 Å². The average Bonchev–Trinajstić information content (AvgIpc) is 2.98. The minimum absolute atomic E-state index is 0.463. The topological polar surface area (TPSA) is 69.6 Å². The van der Waals surface area contributed by atoms with Gasteiger partial charge in [-0.1, -0.05) is 0 Å². The zero-order valence-corrected chi connectivity index (χ0v) is 10.6. The van der Waals surface area contributed by atoms with E-state index in [1.165, 1.54) is 0 Å². The Balaban J connectivity index is 2.11. The Hall–Kier alpha value is -2.21. The van der Waals surface area contributed by atoms with Gasteiger partial charge in [0.2, 0.25) is 0 Å². The SMILES string of the molecule is Cn1cc(-c2cc(N)nc(-c3ccsc3)n2)cn1. The lowest BCUT2D eigenvalue weighted by Crippen LogP contribution is -1.97. The third kappa shape index (κ3) is 1.98. The van der Waals surface area contributed by atoms with Crippen LogP contribution in [0.25, 0.3) is 22.6 Å². The van der Waals surface area contributed by atoms with Crippen LogP contribution in [-0.4, -0.2) is 19.7 Å². The van der Waals surface area contributed by atoms with Crippen molar-refractivity contribution < 1.29 is 0 Å². The fourth-order valence-corrected chi connectivity index (χ4v) is 2.32. The van der Waals surface area contributed by atoms with E-state index in [4.69, 9.17) is 5.73 Å². The molecular weight excluding hydrogens is 246 g/mol. The average molecular weight is 257 g/mol. The first-order chi connectivity index (χ1) is 8.72. The summed E-state index contributed by atoms with van der Waals surface area (Å²) in [4.78, 5) is 8.78. The van der Waals surface area contributed by atoms with Gasteiger partial charge in [-0.3, -0.25) is 4.68 Å². The molecule has 3 heterocycles. The summed E-state index contributed by atoms with van der Waals surface area (Å²) in [5, 5.41) is 8.13. The lowest BCUT2D eigenvalue weighted by molar-refractivity contribution is 0.768. The second kappa shape index (κ2) is 4.23. The minimum atomic E-state index is 0.463. The summed E-state index contributed by atoms with van der Waals surface area (Å²) in [5.41, 5.74) is 8.54. The summed E-state index contributed by atoms with van der Waals surface area (Å²) >= 11 is 1.61. The summed E-state index contributed by atoms with van der Waals surface area (Å²) in [5.74, 6) is 1.11. The standard InChI is InChI=1S/C12H11N5S/c1-17-6-9(5-14-17)10-4-11(13)16-12(15-10)8-2-3-18-7-8/h2-7H,1H3,(H2,13,15,16). The predicted octanol–water partition coefficient (Wildman–Crippen LogP) is 2.19. The van der Waals surface area contributed by atoms with Gasteiger partial charge < -0.3 is 5.73 Å². The molecule has 3 aromatic rings. The number of anilines is 1. The molecule has 0 saturated carbocycles. The van der Waals surface area contributed by atoms with Crippen LogP contribution in [0.4, 0.5) is 5.82 Å². The first kappa shape index (κ1) is 10.9. The largest absolute Gasteiger partial charge is 0.384 e. The van der Waals surface area contributed by atoms with Gasteiger partial charge in [0.1, 0.15) is 5.82 Å². The van der Waals surface area contributed by atoms with E-state index in [0.717, 1.165) is 16.8 Å². The van der Waals surface area contributed by atoms with E-state index in [-0.39, 0.29) is 0 Å². The third-order valence-corrected chi connectivity index (χ3v) is 3.21. The quantitative estimate of drug-likeness (QED) is 0.764. The fraction of sp³-hybridized carbons (Fsp3) is 0.0833. The first-order valence-electron chi connectivity index (χ1n) is 5.38. The van der Waals surface area contributed by atoms with Crippen molar-refractivity contribution in [2.24, 2.45) is 7.05 Å². The highest BCUT2D eigenvalue weighted by Crippen LogP contribution is 2.24. The number of nitrogen functional groups attached to an aromatic ring is 1. The number of nitrogens with two attached hydrogens (primary N) is 1. The second-order valence-corrected chi connectivity index (χ2v) is 4.70. The maximum atomic E-state index is 5.83. The molecule has 6 heteroatoms. The third-order valence-electron chi connectivity index (χ3n) is 2.53. The predicted molar refractivity (Wildman–Crippen MR) is 72.0 cm³/mol. The zero-order valence-electron chi connectivity index (χ0n) is 9.74. The van der Waals surface area contributed by atoms with Crippen LogP contribution in [0.5, 0.6) is 0 Å². The van der Waals surface area contributed by atoms with Crippen LogP contribution < -0.4 is 5.73 Å². The molecule has 90 valence electrons. The molecule has 18 heavy (non-hydrogen) atoms. The molecule has 0 unspecified atom stereocenters. The van der Waals surface area contributed by atoms with Gasteiger partial charge in [-0.25, -0.2) is 9.97 Å². The Kier molecular flexibility index (Phi) is 2.56. The summed E-state index contributed by atoms with van der Waals surface area (Å²) in [7, 11) is 1.87. The Bertz CT molecular complexity index is 672. The van der Waals surface area contributed by atoms with Crippen LogP contribution in [0.1, 0.15) is 0 Å². The Morgan fingerprint density at radius 2 is 2.17 bits per heavy atom. The van der Waals surface area contributed by atoms with Gasteiger partial charge in [-0.15, -0.1) is 0 Å². The van der Waals surface area contributed by atoms with E-state index in [1.807, 2.05) is 30.1 Å². The number of rotatable bonds is 2. The van der Waals surface area contributed by atoms with E-state index in [1.54, 1.807) is 28.3 Å². The van der Waals surface area contributed by atoms with Crippen molar-refractivity contribution in [3.05, 3.63) is 35.3 Å². The van der Waals surface area contributed by atoms with Crippen molar-refractivity contribution in [2.75, 3.05) is 5.73 Å². The number of aryl methyl sites for hydroxylation is 1. The van der Waals surface area contributed by atoms with Gasteiger partial charge in [0, 0.05) is 35.8 Å². The highest BCUT2D eigenvalue weighted by molar-refractivity contribution is 7.08. The molecule has 0 spiro atoms. The van der Waals surface area contributed by atoms with Crippen LogP contribution in [0.15, 0.2) is 35.3 Å². The number of hydrogen-bond donors (Lipinski definition) is 1. The van der Waals surface area contributed by atoms with Crippen LogP contribution >= 0.6 is 11.3 Å². The zero-order chi connectivity index (χ0) is 12.5. The van der Waals surface area contributed by atoms with Crippen LogP contribution in [-0.2, 0) is 7.05 Å². The van der Waals surface area contributed by atoms with Crippen LogP contribution in [0.2, 0.25) is 0 Å². The normalized spacial score (nSPS) is 10.7. The Morgan fingerprint density at radius 3 is 2.83 bits per heavy atom. The summed E-state index contributed by atoms with van der Waals surface area (Å²) < 4.78 is 1.73. The smallest absolute Gasteiger partial charge is 0.162 e. The molecule has 0 atom stereocenters. The highest BCUT2D eigenvalue weighted by Gasteiger charge is 2.08. The lowest BCUT2D eigenvalue weighted by atomic mass is 10.2. The maximum absolute atomic E-state index is 5.83. The number of nitrogens with zero attached hydrogens (tertiary/aromatic N) is 4. The van der Waals surface area contributed by atoms with Crippen molar-refractivity contribution in [1.29, 1.82) is 0 Å². The molecule has 3 rings (SSSR count). The molecule has 0 saturated heterocycles. The summed E-state index contributed by atoms with van der Waals surface area (Å²) in [6.45, 7) is 0. The molecule has 0 aliphatic rings. The molecular formula is C12H11N5S. The second-order valence-electron chi connectivity index (χ2n) is 3.92. The molecule has 3 aromatic heterocycles. The summed E-state index contributed by atoms with van der Waals surface area (Å²) in [6.07, 6.45) is 3.67. The molecule has 0 bridgehead atoms. The first-order valence-corrected chi connectivity index (χ1v) is 6.33. The molecule has 0 radical (unpaired) electrons. The van der Waals surface area contributed by atoms with Gasteiger partial charge in [-0.05, 0) is 11.4 Å². The van der Waals surface area contributed by atoms with Crippen LogP contribution in [0, 0.1) is 0 Å². The van der Waals surface area contributed by atoms with Crippen LogP contribution in [0.3, 0.4) is 0 Å². The molecule has 0 fully saturated rings. The lowest BCUT2D eigenvalue weighted by Gasteiger charge is -2.02. The van der Waals surface area contributed by atoms with Crippen molar-refractivity contribution >= 4 is 17.2 Å². The fourth-order valence-electron chi connectivity index (χ4n) is 1.69. The molecule has 5 nitrogen and oxygen atoms in total. The molecule has 2 N–H and O–H groups in total. The molecule has 0 aliphatic heterocycles. The molecule has 0 aromatic carbocycles. The van der Waals surface area contributed by atoms with Gasteiger partial charge >= 0.3 is 0 Å². The molecule has 0 aliphatic carbocycles. The van der Waals surface area contributed by atoms with E-state index < -0.39 is 0 Å². The van der Waals surface area contributed by atoms with Crippen molar-refractivity contribution in [3.8, 4) is 22.6 Å². The molecule has 0 amide bonds. The van der Waals surface area contributed by atoms with Gasteiger partial charge in [-0.2, -0.15) is 16.4 Å². The van der Waals surface area contributed by atoms with E-state index >= 15 is 0 Å².